The number of halogens is 1. The number of nitrogens with two attached hydrogens (primary N) is 1. The lowest BCUT2D eigenvalue weighted by Crippen LogP contribution is -2.18. The largest absolute Gasteiger partial charge is 0.383 e. The van der Waals surface area contributed by atoms with Crippen molar-refractivity contribution in [2.24, 2.45) is 0 Å². The van der Waals surface area contributed by atoms with Gasteiger partial charge in [-0.15, -0.1) is 0 Å². The molecule has 1 aromatic carbocycles. The van der Waals surface area contributed by atoms with Gasteiger partial charge in [-0.1, -0.05) is 28.1 Å². The summed E-state index contributed by atoms with van der Waals surface area (Å²) in [7, 11) is 1.81. The highest BCUT2D eigenvalue weighted by molar-refractivity contribution is 9.10. The van der Waals surface area contributed by atoms with E-state index < -0.39 is 4.92 Å². The summed E-state index contributed by atoms with van der Waals surface area (Å²) in [5, 5.41) is 10.8. The average Bonchev–Trinajstić information content (AvgIpc) is 2.37. The third-order valence-corrected chi connectivity index (χ3v) is 3.22. The molecular formula is C13H13BrN4O2. The molecular weight excluding hydrogens is 324 g/mol. The van der Waals surface area contributed by atoms with Gasteiger partial charge in [-0.05, 0) is 17.7 Å². The van der Waals surface area contributed by atoms with Crippen LogP contribution in [0.25, 0.3) is 0 Å². The molecule has 0 radical (unpaired) electrons. The Hall–Kier alpha value is -2.15. The van der Waals surface area contributed by atoms with Crippen LogP contribution < -0.4 is 10.6 Å². The SMILES string of the molecule is CN(Cc1cccc(Br)c1)c1cc([N+](=O)[O-])cc(N)n1. The van der Waals surface area contributed by atoms with Gasteiger partial charge in [0.05, 0.1) is 17.1 Å². The maximum atomic E-state index is 10.8. The maximum absolute atomic E-state index is 10.8. The van der Waals surface area contributed by atoms with E-state index in [2.05, 4.69) is 20.9 Å². The molecule has 0 spiro atoms. The predicted molar refractivity (Wildman–Crippen MR) is 81.6 cm³/mol. The molecule has 2 N–H and O–H groups in total. The minimum atomic E-state index is -0.478. The first kappa shape index (κ1) is 14.3. The first-order valence-electron chi connectivity index (χ1n) is 5.83. The highest BCUT2D eigenvalue weighted by Gasteiger charge is 2.13. The molecule has 6 nitrogen and oxygen atoms in total. The molecule has 0 amide bonds. The number of rotatable bonds is 4. The van der Waals surface area contributed by atoms with Gasteiger partial charge in [0.15, 0.2) is 0 Å². The molecule has 0 fully saturated rings. The van der Waals surface area contributed by atoms with E-state index in [1.165, 1.54) is 12.1 Å². The molecule has 0 bridgehead atoms. The van der Waals surface area contributed by atoms with E-state index in [1.54, 1.807) is 0 Å². The number of nitro groups is 1. The molecule has 2 rings (SSSR count). The molecule has 2 aromatic rings. The second kappa shape index (κ2) is 5.87. The number of aromatic nitrogens is 1. The average molecular weight is 337 g/mol. The van der Waals surface area contributed by atoms with Crippen LogP contribution in [0, 0.1) is 10.1 Å². The summed E-state index contributed by atoms with van der Waals surface area (Å²) >= 11 is 3.41. The van der Waals surface area contributed by atoms with Crippen LogP contribution in [0.5, 0.6) is 0 Å². The minimum Gasteiger partial charge on any atom is -0.383 e. The van der Waals surface area contributed by atoms with Gasteiger partial charge in [0.1, 0.15) is 11.6 Å². The van der Waals surface area contributed by atoms with Crippen molar-refractivity contribution in [3.8, 4) is 0 Å². The maximum Gasteiger partial charge on any atom is 0.276 e. The molecule has 1 heterocycles. The zero-order valence-corrected chi connectivity index (χ0v) is 12.4. The Kier molecular flexibility index (Phi) is 4.19. The van der Waals surface area contributed by atoms with E-state index in [0.717, 1.165) is 10.0 Å². The molecule has 7 heteroatoms. The predicted octanol–water partition coefficient (Wildman–Crippen LogP) is 2.97. The zero-order valence-electron chi connectivity index (χ0n) is 10.8. The molecule has 0 aliphatic rings. The summed E-state index contributed by atoms with van der Waals surface area (Å²) in [6, 6.07) is 10.5. The quantitative estimate of drug-likeness (QED) is 0.685. The summed E-state index contributed by atoms with van der Waals surface area (Å²) in [4.78, 5) is 16.3. The summed E-state index contributed by atoms with van der Waals surface area (Å²) in [5.74, 6) is 0.604. The second-order valence-corrected chi connectivity index (χ2v) is 5.27. The van der Waals surface area contributed by atoms with Gasteiger partial charge in [-0.2, -0.15) is 0 Å². The van der Waals surface area contributed by atoms with Crippen molar-refractivity contribution in [3.05, 3.63) is 56.5 Å². The van der Waals surface area contributed by atoms with Gasteiger partial charge in [0.2, 0.25) is 0 Å². The van der Waals surface area contributed by atoms with E-state index >= 15 is 0 Å². The number of hydrogen-bond acceptors (Lipinski definition) is 5. The Morgan fingerprint density at radius 1 is 1.40 bits per heavy atom. The van der Waals surface area contributed by atoms with Crippen LogP contribution in [0.2, 0.25) is 0 Å². The van der Waals surface area contributed by atoms with Crippen molar-refractivity contribution >= 4 is 33.3 Å². The van der Waals surface area contributed by atoms with Gasteiger partial charge in [-0.25, -0.2) is 4.98 Å². The molecule has 0 saturated carbocycles. The number of anilines is 2. The summed E-state index contributed by atoms with van der Waals surface area (Å²) in [6.07, 6.45) is 0. The second-order valence-electron chi connectivity index (χ2n) is 4.35. The molecule has 0 unspecified atom stereocenters. The molecule has 0 atom stereocenters. The van der Waals surface area contributed by atoms with E-state index in [4.69, 9.17) is 5.73 Å². The van der Waals surface area contributed by atoms with Crippen LogP contribution in [0.4, 0.5) is 17.3 Å². The van der Waals surface area contributed by atoms with Crippen LogP contribution >= 0.6 is 15.9 Å². The van der Waals surface area contributed by atoms with Crippen LogP contribution in [-0.2, 0) is 6.54 Å². The van der Waals surface area contributed by atoms with Crippen molar-refractivity contribution in [1.82, 2.24) is 4.98 Å². The Morgan fingerprint density at radius 2 is 2.15 bits per heavy atom. The van der Waals surface area contributed by atoms with E-state index in [-0.39, 0.29) is 11.5 Å². The molecule has 0 aliphatic heterocycles. The lowest BCUT2D eigenvalue weighted by molar-refractivity contribution is -0.384. The van der Waals surface area contributed by atoms with Crippen molar-refractivity contribution in [1.29, 1.82) is 0 Å². The standard InChI is InChI=1S/C13H13BrN4O2/c1-17(8-9-3-2-4-10(14)5-9)13-7-11(18(19)20)6-12(15)16-13/h2-7H,8H2,1H3,(H2,15,16). The lowest BCUT2D eigenvalue weighted by atomic mass is 10.2. The van der Waals surface area contributed by atoms with Crippen molar-refractivity contribution in [3.63, 3.8) is 0 Å². The Morgan fingerprint density at radius 3 is 2.80 bits per heavy atom. The van der Waals surface area contributed by atoms with Gasteiger partial charge in [-0.3, -0.25) is 10.1 Å². The zero-order chi connectivity index (χ0) is 14.7. The minimum absolute atomic E-state index is 0.0615. The lowest BCUT2D eigenvalue weighted by Gasteiger charge is -2.18. The smallest absolute Gasteiger partial charge is 0.276 e. The summed E-state index contributed by atoms with van der Waals surface area (Å²) in [6.45, 7) is 0.576. The molecule has 0 aliphatic carbocycles. The third kappa shape index (κ3) is 3.45. The number of nitrogen functional groups attached to an aromatic ring is 1. The normalized spacial score (nSPS) is 10.3. The first-order chi connectivity index (χ1) is 9.45. The van der Waals surface area contributed by atoms with Crippen LogP contribution in [0.1, 0.15) is 5.56 Å². The van der Waals surface area contributed by atoms with Gasteiger partial charge >= 0.3 is 0 Å². The number of pyridine rings is 1. The topological polar surface area (TPSA) is 85.3 Å². The van der Waals surface area contributed by atoms with Crippen molar-refractivity contribution < 1.29 is 4.92 Å². The number of nitrogens with zero attached hydrogens (tertiary/aromatic N) is 3. The molecule has 104 valence electrons. The van der Waals surface area contributed by atoms with Gasteiger partial charge < -0.3 is 10.6 Å². The van der Waals surface area contributed by atoms with Crippen molar-refractivity contribution in [2.75, 3.05) is 17.7 Å². The van der Waals surface area contributed by atoms with E-state index in [1.807, 2.05) is 36.2 Å². The third-order valence-electron chi connectivity index (χ3n) is 2.73. The van der Waals surface area contributed by atoms with Crippen LogP contribution in [0.15, 0.2) is 40.9 Å². The van der Waals surface area contributed by atoms with E-state index in [0.29, 0.717) is 12.4 Å². The monoisotopic (exact) mass is 336 g/mol. The Labute approximate surface area is 124 Å². The fourth-order valence-electron chi connectivity index (χ4n) is 1.81. The molecule has 20 heavy (non-hydrogen) atoms. The number of benzene rings is 1. The van der Waals surface area contributed by atoms with Crippen molar-refractivity contribution in [2.45, 2.75) is 6.54 Å². The highest BCUT2D eigenvalue weighted by atomic mass is 79.9. The van der Waals surface area contributed by atoms with Gasteiger partial charge in [0.25, 0.3) is 5.69 Å². The Bertz CT molecular complexity index is 648. The number of hydrogen-bond donors (Lipinski definition) is 1. The first-order valence-corrected chi connectivity index (χ1v) is 6.62. The fraction of sp³-hybridized carbons (Fsp3) is 0.154. The fourth-order valence-corrected chi connectivity index (χ4v) is 2.26. The Balaban J connectivity index is 2.25. The van der Waals surface area contributed by atoms with Crippen LogP contribution in [0.3, 0.4) is 0 Å². The van der Waals surface area contributed by atoms with E-state index in [9.17, 15) is 10.1 Å². The highest BCUT2D eigenvalue weighted by Crippen LogP contribution is 2.22. The van der Waals surface area contributed by atoms with Crippen LogP contribution in [-0.4, -0.2) is 17.0 Å². The molecule has 0 saturated heterocycles. The summed E-state index contributed by atoms with van der Waals surface area (Å²) in [5.41, 5.74) is 6.60. The van der Waals surface area contributed by atoms with Gasteiger partial charge in [0, 0.05) is 18.1 Å². The molecule has 1 aromatic heterocycles. The summed E-state index contributed by atoms with van der Waals surface area (Å²) < 4.78 is 0.981.